The third kappa shape index (κ3) is 8.76. The molecule has 0 spiro atoms. The first-order chi connectivity index (χ1) is 15.1. The van der Waals surface area contributed by atoms with Gasteiger partial charge in [0, 0.05) is 24.2 Å². The lowest BCUT2D eigenvalue weighted by atomic mass is 10.2. The molecule has 0 atom stereocenters. The number of hydrogen-bond donors (Lipinski definition) is 2. The van der Waals surface area contributed by atoms with E-state index in [4.69, 9.17) is 16.3 Å². The predicted molar refractivity (Wildman–Crippen MR) is 122 cm³/mol. The quantitative estimate of drug-likeness (QED) is 0.346. The van der Waals surface area contributed by atoms with Crippen molar-refractivity contribution in [2.24, 2.45) is 11.8 Å². The Kier molecular flexibility index (Phi) is 10.9. The number of nitrogens with zero attached hydrogens (tertiary/aromatic N) is 4. The maximum Gasteiger partial charge on any atom is 0.230 e. The van der Waals surface area contributed by atoms with Gasteiger partial charge in [0.05, 0.1) is 13.0 Å². The molecule has 2 aromatic heterocycles. The number of carbonyl (C=O) groups excluding carboxylic acids is 3. The second kappa shape index (κ2) is 13.1. The SMILES string of the molecule is C=C(OC)c1ccnc(NC(=O)C(C)C)n1.CC(C)C(=O)Nc1nccc(C(=O)CCl)n1. The Morgan fingerprint density at radius 1 is 0.938 bits per heavy atom. The van der Waals surface area contributed by atoms with Gasteiger partial charge in [0.25, 0.3) is 0 Å². The van der Waals surface area contributed by atoms with Gasteiger partial charge in [0.1, 0.15) is 17.1 Å². The summed E-state index contributed by atoms with van der Waals surface area (Å²) in [5.41, 5.74) is 0.751. The number of anilines is 2. The van der Waals surface area contributed by atoms with Gasteiger partial charge in [-0.05, 0) is 12.1 Å². The van der Waals surface area contributed by atoms with Gasteiger partial charge in [-0.25, -0.2) is 19.9 Å². The van der Waals surface area contributed by atoms with Crippen LogP contribution in [0.4, 0.5) is 11.9 Å². The van der Waals surface area contributed by atoms with E-state index >= 15 is 0 Å². The van der Waals surface area contributed by atoms with Crippen LogP contribution in [0.2, 0.25) is 0 Å². The van der Waals surface area contributed by atoms with Crippen LogP contribution in [0.3, 0.4) is 0 Å². The highest BCUT2D eigenvalue weighted by atomic mass is 35.5. The Balaban J connectivity index is 0.000000320. The van der Waals surface area contributed by atoms with E-state index in [1.807, 2.05) is 0 Å². The Morgan fingerprint density at radius 2 is 1.38 bits per heavy atom. The minimum atomic E-state index is -0.302. The number of methoxy groups -OCH3 is 1. The molecule has 0 aliphatic rings. The average Bonchev–Trinajstić information content (AvgIpc) is 2.78. The van der Waals surface area contributed by atoms with Gasteiger partial charge in [0.15, 0.2) is 5.78 Å². The first kappa shape index (κ1) is 26.6. The summed E-state index contributed by atoms with van der Waals surface area (Å²) >= 11 is 5.40. The van der Waals surface area contributed by atoms with Crippen LogP contribution >= 0.6 is 11.6 Å². The van der Waals surface area contributed by atoms with Crippen LogP contribution in [-0.2, 0) is 14.3 Å². The van der Waals surface area contributed by atoms with Gasteiger partial charge in [0.2, 0.25) is 23.7 Å². The van der Waals surface area contributed by atoms with Crippen LogP contribution in [0.1, 0.15) is 43.9 Å². The highest BCUT2D eigenvalue weighted by Gasteiger charge is 2.12. The number of nitrogens with one attached hydrogen (secondary N) is 2. The van der Waals surface area contributed by atoms with E-state index in [0.29, 0.717) is 11.5 Å². The monoisotopic (exact) mass is 462 g/mol. The largest absolute Gasteiger partial charge is 0.495 e. The molecule has 0 saturated carbocycles. The fourth-order valence-electron chi connectivity index (χ4n) is 1.83. The summed E-state index contributed by atoms with van der Waals surface area (Å²) in [4.78, 5) is 49.8. The van der Waals surface area contributed by atoms with E-state index in [9.17, 15) is 14.4 Å². The van der Waals surface area contributed by atoms with Crippen molar-refractivity contribution in [3.8, 4) is 0 Å². The Morgan fingerprint density at radius 3 is 1.78 bits per heavy atom. The van der Waals surface area contributed by atoms with Crippen molar-refractivity contribution in [1.29, 1.82) is 0 Å². The lowest BCUT2D eigenvalue weighted by Gasteiger charge is -2.07. The van der Waals surface area contributed by atoms with Crippen molar-refractivity contribution < 1.29 is 19.1 Å². The molecule has 2 aromatic rings. The minimum Gasteiger partial charge on any atom is -0.495 e. The van der Waals surface area contributed by atoms with Crippen LogP contribution in [0, 0.1) is 11.8 Å². The zero-order valence-corrected chi connectivity index (χ0v) is 19.4. The number of amides is 2. The summed E-state index contributed by atoms with van der Waals surface area (Å²) < 4.78 is 4.95. The standard InChI is InChI=1S/C11H15N3O2.C10H12ClN3O2/c1-7(2)10(15)14-11-12-6-5-9(13-11)8(3)16-4;1-6(2)9(16)14-10-12-4-3-7(13-10)8(15)5-11/h5-7H,3H2,1-2,4H3,(H,12,13,14,15);3-4,6H,5H2,1-2H3,(H,12,13,14,16). The van der Waals surface area contributed by atoms with Crippen molar-refractivity contribution in [3.63, 3.8) is 0 Å². The molecule has 0 unspecified atom stereocenters. The third-order valence-electron chi connectivity index (χ3n) is 3.77. The van der Waals surface area contributed by atoms with Gasteiger partial charge in [-0.1, -0.05) is 34.3 Å². The van der Waals surface area contributed by atoms with Gasteiger partial charge < -0.3 is 4.74 Å². The number of aromatic nitrogens is 4. The number of hydrogen-bond acceptors (Lipinski definition) is 8. The minimum absolute atomic E-state index is 0.113. The maximum atomic E-state index is 11.4. The number of ether oxygens (including phenoxy) is 1. The van der Waals surface area contributed by atoms with E-state index in [1.165, 1.54) is 19.4 Å². The second-order valence-electron chi connectivity index (χ2n) is 7.00. The molecular formula is C21H27ClN6O4. The summed E-state index contributed by atoms with van der Waals surface area (Å²) in [6.07, 6.45) is 2.95. The van der Waals surface area contributed by atoms with Gasteiger partial charge >= 0.3 is 0 Å². The Labute approximate surface area is 191 Å². The topological polar surface area (TPSA) is 136 Å². The second-order valence-corrected chi connectivity index (χ2v) is 7.27. The number of rotatable bonds is 8. The number of alkyl halides is 1. The third-order valence-corrected chi connectivity index (χ3v) is 4.01. The molecular weight excluding hydrogens is 436 g/mol. The lowest BCUT2D eigenvalue weighted by molar-refractivity contribution is -0.119. The fraction of sp³-hybridized carbons (Fsp3) is 0.381. The molecule has 2 rings (SSSR count). The molecule has 32 heavy (non-hydrogen) atoms. The van der Waals surface area contributed by atoms with Crippen molar-refractivity contribution >= 4 is 46.9 Å². The van der Waals surface area contributed by atoms with Crippen molar-refractivity contribution in [2.45, 2.75) is 27.7 Å². The molecule has 0 saturated heterocycles. The molecule has 0 aliphatic carbocycles. The van der Waals surface area contributed by atoms with E-state index in [0.717, 1.165) is 0 Å². The van der Waals surface area contributed by atoms with E-state index < -0.39 is 0 Å². The van der Waals surface area contributed by atoms with E-state index in [1.54, 1.807) is 40.0 Å². The molecule has 0 bridgehead atoms. The maximum absolute atomic E-state index is 11.4. The number of ketones is 1. The molecule has 0 radical (unpaired) electrons. The zero-order chi connectivity index (χ0) is 24.3. The fourth-order valence-corrected chi connectivity index (χ4v) is 1.97. The molecule has 10 nitrogen and oxygen atoms in total. The van der Waals surface area contributed by atoms with Crippen LogP contribution < -0.4 is 10.6 Å². The molecule has 0 fully saturated rings. The molecule has 172 valence electrons. The average molecular weight is 463 g/mol. The first-order valence-corrected chi connectivity index (χ1v) is 10.2. The first-order valence-electron chi connectivity index (χ1n) is 9.69. The van der Waals surface area contributed by atoms with Crippen LogP contribution in [0.15, 0.2) is 31.1 Å². The normalized spacial score (nSPS) is 10.1. The van der Waals surface area contributed by atoms with Gasteiger partial charge in [-0.2, -0.15) is 0 Å². The lowest BCUT2D eigenvalue weighted by Crippen LogP contribution is -2.20. The van der Waals surface area contributed by atoms with Crippen LogP contribution in [-0.4, -0.2) is 50.5 Å². The van der Waals surface area contributed by atoms with Gasteiger partial charge in [-0.3, -0.25) is 25.0 Å². The summed E-state index contributed by atoms with van der Waals surface area (Å²) in [5, 5.41) is 5.11. The summed E-state index contributed by atoms with van der Waals surface area (Å²) in [5.74, 6) is -0.241. The Hall–Kier alpha value is -3.40. The number of Topliss-reactive ketones (excluding diaryl/α,β-unsaturated/α-hetero) is 1. The molecule has 2 heterocycles. The van der Waals surface area contributed by atoms with Crippen LogP contribution in [0.25, 0.3) is 5.76 Å². The Bertz CT molecular complexity index is 887. The molecule has 2 amide bonds. The van der Waals surface area contributed by atoms with E-state index in [2.05, 4.69) is 37.1 Å². The van der Waals surface area contributed by atoms with Gasteiger partial charge in [-0.15, -0.1) is 11.6 Å². The van der Waals surface area contributed by atoms with Crippen molar-refractivity contribution in [3.05, 3.63) is 42.5 Å². The number of carbonyl (C=O) groups is 3. The summed E-state index contributed by atoms with van der Waals surface area (Å²) in [6.45, 7) is 10.8. The van der Waals surface area contributed by atoms with Crippen molar-refractivity contribution in [1.82, 2.24) is 19.9 Å². The highest BCUT2D eigenvalue weighted by molar-refractivity contribution is 6.30. The summed E-state index contributed by atoms with van der Waals surface area (Å²) in [6, 6.07) is 3.12. The molecule has 0 aliphatic heterocycles. The zero-order valence-electron chi connectivity index (χ0n) is 18.7. The van der Waals surface area contributed by atoms with Crippen molar-refractivity contribution in [2.75, 3.05) is 23.6 Å². The molecule has 11 heteroatoms. The highest BCUT2D eigenvalue weighted by Crippen LogP contribution is 2.11. The molecule has 2 N–H and O–H groups in total. The predicted octanol–water partition coefficient (Wildman–Crippen LogP) is 3.18. The van der Waals surface area contributed by atoms with Crippen LogP contribution in [0.5, 0.6) is 0 Å². The smallest absolute Gasteiger partial charge is 0.230 e. The molecule has 0 aromatic carbocycles. The number of halogens is 1. The summed E-state index contributed by atoms with van der Waals surface area (Å²) in [7, 11) is 1.51. The van der Waals surface area contributed by atoms with E-state index in [-0.39, 0.29) is 52.9 Å².